The summed E-state index contributed by atoms with van der Waals surface area (Å²) in [7, 11) is 3.57. The molecule has 0 spiro atoms. The van der Waals surface area contributed by atoms with Crippen LogP contribution in [0.1, 0.15) is 10.4 Å². The minimum atomic E-state index is -0.184. The second-order valence-corrected chi connectivity index (χ2v) is 2.70. The van der Waals surface area contributed by atoms with E-state index in [2.05, 4.69) is 16.9 Å². The lowest BCUT2D eigenvalue weighted by Gasteiger charge is -1.97. The van der Waals surface area contributed by atoms with E-state index in [-0.39, 0.29) is 5.78 Å². The van der Waals surface area contributed by atoms with E-state index >= 15 is 0 Å². The highest BCUT2D eigenvalue weighted by atomic mass is 16.1. The minimum absolute atomic E-state index is 0.184. The molecule has 1 heterocycles. The molecule has 1 rings (SSSR count). The average Bonchev–Trinajstić information content (AvgIpc) is 2.15. The van der Waals surface area contributed by atoms with Gasteiger partial charge in [-0.2, -0.15) is 0 Å². The van der Waals surface area contributed by atoms with Gasteiger partial charge in [-0.05, 0) is 18.1 Å². The third-order valence-electron chi connectivity index (χ3n) is 1.34. The number of aromatic nitrogens is 1. The van der Waals surface area contributed by atoms with Gasteiger partial charge in [0.25, 0.3) is 0 Å². The molecule has 0 unspecified atom stereocenters. The molecular weight excluding hydrogens is 164 g/mol. The Balaban J connectivity index is 2.78. The summed E-state index contributed by atoms with van der Waals surface area (Å²) >= 11 is 0. The summed E-state index contributed by atoms with van der Waals surface area (Å²) in [6.45, 7) is 0. The maximum absolute atomic E-state index is 11.3. The third-order valence-corrected chi connectivity index (χ3v) is 1.34. The van der Waals surface area contributed by atoms with Crippen molar-refractivity contribution in [3.63, 3.8) is 0 Å². The van der Waals surface area contributed by atoms with E-state index in [4.69, 9.17) is 0 Å². The molecule has 0 fully saturated rings. The first-order valence-electron chi connectivity index (χ1n) is 3.83. The predicted octanol–water partition coefficient (Wildman–Crippen LogP) is 0.787. The fourth-order valence-electron chi connectivity index (χ4n) is 0.738. The summed E-state index contributed by atoms with van der Waals surface area (Å²) in [5, 5.41) is 0. The Morgan fingerprint density at radius 1 is 1.38 bits per heavy atom. The van der Waals surface area contributed by atoms with Gasteiger partial charge in [-0.25, -0.2) is 0 Å². The van der Waals surface area contributed by atoms with Crippen LogP contribution < -0.4 is 0 Å². The van der Waals surface area contributed by atoms with Gasteiger partial charge in [0.15, 0.2) is 0 Å². The average molecular weight is 174 g/mol. The fourth-order valence-corrected chi connectivity index (χ4v) is 0.738. The van der Waals surface area contributed by atoms with Crippen molar-refractivity contribution in [2.24, 2.45) is 0 Å². The van der Waals surface area contributed by atoms with Gasteiger partial charge >= 0.3 is 0 Å². The summed E-state index contributed by atoms with van der Waals surface area (Å²) in [5.74, 6) is 2.32. The molecule has 0 aliphatic carbocycles. The number of pyridine rings is 1. The number of ketones is 1. The van der Waals surface area contributed by atoms with Gasteiger partial charge in [0.2, 0.25) is 5.78 Å². The number of Topliss-reactive ketones (excluding diaryl/α,β-unsaturated/α-hetero) is 1. The standard InChI is InChI=1S/C10H10N2O/c1-12(2)8-5-10(13)9-3-6-11-7-4-9/h3-4,6-7H,1-2H3. The van der Waals surface area contributed by atoms with Crippen LogP contribution >= 0.6 is 0 Å². The van der Waals surface area contributed by atoms with Crippen molar-refractivity contribution >= 4 is 5.78 Å². The van der Waals surface area contributed by atoms with Crippen molar-refractivity contribution < 1.29 is 4.79 Å². The molecule has 0 aliphatic rings. The van der Waals surface area contributed by atoms with E-state index < -0.39 is 0 Å². The van der Waals surface area contributed by atoms with Gasteiger partial charge in [0.05, 0.1) is 0 Å². The van der Waals surface area contributed by atoms with E-state index in [0.29, 0.717) is 5.56 Å². The number of carbonyl (C=O) groups excluding carboxylic acids is 1. The monoisotopic (exact) mass is 174 g/mol. The maximum Gasteiger partial charge on any atom is 0.237 e. The highest BCUT2D eigenvalue weighted by molar-refractivity contribution is 6.08. The summed E-state index contributed by atoms with van der Waals surface area (Å²) in [4.78, 5) is 16.8. The number of hydrogen-bond acceptors (Lipinski definition) is 3. The molecule has 0 N–H and O–H groups in total. The topological polar surface area (TPSA) is 33.2 Å². The maximum atomic E-state index is 11.3. The smallest absolute Gasteiger partial charge is 0.237 e. The van der Waals surface area contributed by atoms with Gasteiger partial charge in [-0.15, -0.1) is 0 Å². The summed E-state index contributed by atoms with van der Waals surface area (Å²) in [6.07, 6.45) is 3.15. The number of carbonyl (C=O) groups is 1. The molecule has 0 aromatic carbocycles. The van der Waals surface area contributed by atoms with Crippen molar-refractivity contribution in [2.45, 2.75) is 0 Å². The number of nitrogens with zero attached hydrogens (tertiary/aromatic N) is 2. The fraction of sp³-hybridized carbons (Fsp3) is 0.200. The second-order valence-electron chi connectivity index (χ2n) is 2.70. The zero-order valence-corrected chi connectivity index (χ0v) is 7.61. The molecule has 0 saturated carbocycles. The molecule has 0 aliphatic heterocycles. The Hall–Kier alpha value is -1.82. The zero-order valence-electron chi connectivity index (χ0n) is 7.61. The number of hydrogen-bond donors (Lipinski definition) is 0. The Morgan fingerprint density at radius 3 is 2.54 bits per heavy atom. The normalized spacial score (nSPS) is 8.46. The molecule has 0 amide bonds. The molecular formula is C10H10N2O. The van der Waals surface area contributed by atoms with Crippen LogP contribution in [-0.4, -0.2) is 29.8 Å². The molecule has 3 nitrogen and oxygen atoms in total. The summed E-state index contributed by atoms with van der Waals surface area (Å²) in [5.41, 5.74) is 0.573. The second kappa shape index (κ2) is 4.27. The quantitative estimate of drug-likeness (QED) is 0.358. The zero-order chi connectivity index (χ0) is 9.68. The van der Waals surface area contributed by atoms with E-state index in [1.807, 2.05) is 0 Å². The lowest BCUT2D eigenvalue weighted by Crippen LogP contribution is -2.03. The first-order chi connectivity index (χ1) is 6.20. The Labute approximate surface area is 77.4 Å². The van der Waals surface area contributed by atoms with Crippen molar-refractivity contribution in [2.75, 3.05) is 14.1 Å². The molecule has 0 atom stereocenters. The SMILES string of the molecule is CN(C)C#CC(=O)c1ccncc1. The number of rotatable bonds is 1. The van der Waals surface area contributed by atoms with Gasteiger partial charge in [-0.1, -0.05) is 0 Å². The van der Waals surface area contributed by atoms with E-state index in [1.54, 1.807) is 43.5 Å². The lowest BCUT2D eigenvalue weighted by atomic mass is 10.2. The molecule has 13 heavy (non-hydrogen) atoms. The van der Waals surface area contributed by atoms with Crippen LogP contribution in [0.15, 0.2) is 24.5 Å². The van der Waals surface area contributed by atoms with Crippen LogP contribution in [0.2, 0.25) is 0 Å². The third kappa shape index (κ3) is 2.96. The molecule has 0 bridgehead atoms. The van der Waals surface area contributed by atoms with Crippen molar-refractivity contribution in [3.05, 3.63) is 30.1 Å². The highest BCUT2D eigenvalue weighted by Gasteiger charge is 1.99. The summed E-state index contributed by atoms with van der Waals surface area (Å²) in [6, 6.07) is 5.95. The van der Waals surface area contributed by atoms with Crippen molar-refractivity contribution in [1.82, 2.24) is 9.88 Å². The molecule has 0 radical (unpaired) electrons. The van der Waals surface area contributed by atoms with Crippen molar-refractivity contribution in [3.8, 4) is 12.0 Å². The Kier molecular flexibility index (Phi) is 3.04. The molecule has 1 aromatic rings. The summed E-state index contributed by atoms with van der Waals surface area (Å²) < 4.78 is 0. The van der Waals surface area contributed by atoms with E-state index in [0.717, 1.165) is 0 Å². The van der Waals surface area contributed by atoms with E-state index in [9.17, 15) is 4.79 Å². The Morgan fingerprint density at radius 2 is 2.00 bits per heavy atom. The van der Waals surface area contributed by atoms with Crippen LogP contribution in [0.5, 0.6) is 0 Å². The van der Waals surface area contributed by atoms with Crippen molar-refractivity contribution in [1.29, 1.82) is 0 Å². The molecule has 3 heteroatoms. The van der Waals surface area contributed by atoms with Crippen LogP contribution in [0.4, 0.5) is 0 Å². The largest absolute Gasteiger partial charge is 0.338 e. The molecule has 1 aromatic heterocycles. The molecule has 66 valence electrons. The van der Waals surface area contributed by atoms with Crippen LogP contribution in [0, 0.1) is 12.0 Å². The van der Waals surface area contributed by atoms with Gasteiger partial charge < -0.3 is 4.90 Å². The molecule has 0 saturated heterocycles. The Bertz CT molecular complexity index is 346. The highest BCUT2D eigenvalue weighted by Crippen LogP contribution is 1.96. The first kappa shape index (κ1) is 9.27. The lowest BCUT2D eigenvalue weighted by molar-refractivity contribution is 0.105. The minimum Gasteiger partial charge on any atom is -0.338 e. The van der Waals surface area contributed by atoms with Crippen LogP contribution in [0.25, 0.3) is 0 Å². The predicted molar refractivity (Wildman–Crippen MR) is 50.0 cm³/mol. The van der Waals surface area contributed by atoms with Crippen LogP contribution in [0.3, 0.4) is 0 Å². The van der Waals surface area contributed by atoms with Gasteiger partial charge in [0, 0.05) is 38.1 Å². The van der Waals surface area contributed by atoms with Crippen LogP contribution in [-0.2, 0) is 0 Å². The van der Waals surface area contributed by atoms with Gasteiger partial charge in [-0.3, -0.25) is 9.78 Å². The van der Waals surface area contributed by atoms with E-state index in [1.165, 1.54) is 0 Å². The van der Waals surface area contributed by atoms with Gasteiger partial charge in [0.1, 0.15) is 0 Å². The first-order valence-corrected chi connectivity index (χ1v) is 3.83.